The van der Waals surface area contributed by atoms with Crippen molar-refractivity contribution in [3.63, 3.8) is 0 Å². The predicted molar refractivity (Wildman–Crippen MR) is 183 cm³/mol. The van der Waals surface area contributed by atoms with Gasteiger partial charge in [-0.3, -0.25) is 9.20 Å². The summed E-state index contributed by atoms with van der Waals surface area (Å²) in [6.07, 6.45) is 1.13. The van der Waals surface area contributed by atoms with Gasteiger partial charge in [0.25, 0.3) is 5.56 Å². The molecule has 0 fully saturated rings. The molecule has 0 amide bonds. The second kappa shape index (κ2) is 11.8. The monoisotopic (exact) mass is 660 g/mol. The van der Waals surface area contributed by atoms with Gasteiger partial charge < -0.3 is 26.4 Å². The number of nitrogens with zero attached hydrogens (tertiary/aromatic N) is 6. The van der Waals surface area contributed by atoms with Gasteiger partial charge in [-0.1, -0.05) is 43.3 Å². The molecular formula is C37H37BrN6O. The molecule has 228 valence electrons. The highest BCUT2D eigenvalue weighted by molar-refractivity contribution is 6.18. The zero-order chi connectivity index (χ0) is 30.6. The molecule has 0 saturated heterocycles. The van der Waals surface area contributed by atoms with Crippen LogP contribution in [0.25, 0.3) is 49.0 Å². The summed E-state index contributed by atoms with van der Waals surface area (Å²) in [4.78, 5) is 21.4. The van der Waals surface area contributed by atoms with Gasteiger partial charge in [-0.15, -0.1) is 0 Å². The van der Waals surface area contributed by atoms with Gasteiger partial charge in [-0.25, -0.2) is 4.98 Å². The maximum Gasteiger partial charge on any atom is 0.264 e. The van der Waals surface area contributed by atoms with Gasteiger partial charge in [-0.05, 0) is 78.7 Å². The van der Waals surface area contributed by atoms with Crippen molar-refractivity contribution in [1.29, 1.82) is 0 Å². The molecule has 1 atom stereocenters. The lowest BCUT2D eigenvalue weighted by atomic mass is 10.0. The van der Waals surface area contributed by atoms with Crippen molar-refractivity contribution in [2.24, 2.45) is 10.2 Å². The van der Waals surface area contributed by atoms with Crippen LogP contribution in [0.15, 0.2) is 106 Å². The zero-order valence-corrected chi connectivity index (χ0v) is 27.9. The third-order valence-corrected chi connectivity index (χ3v) is 9.05. The fourth-order valence-electron chi connectivity index (χ4n) is 6.63. The quantitative estimate of drug-likeness (QED) is 0.0940. The van der Waals surface area contributed by atoms with Crippen LogP contribution < -0.4 is 27.4 Å². The average molecular weight is 662 g/mol. The molecule has 7 rings (SSSR count). The summed E-state index contributed by atoms with van der Waals surface area (Å²) in [5.74, 6) is 0. The summed E-state index contributed by atoms with van der Waals surface area (Å²) in [5, 5.41) is 14.7. The number of fused-ring (bicyclic) bond motifs is 3. The summed E-state index contributed by atoms with van der Waals surface area (Å²) in [6.45, 7) is 6.42. The molecule has 0 aliphatic heterocycles. The first-order valence-electron chi connectivity index (χ1n) is 15.4. The molecule has 45 heavy (non-hydrogen) atoms. The molecule has 0 N–H and O–H groups in total. The van der Waals surface area contributed by atoms with E-state index < -0.39 is 0 Å². The van der Waals surface area contributed by atoms with Gasteiger partial charge in [-0.2, -0.15) is 10.2 Å². The van der Waals surface area contributed by atoms with Crippen molar-refractivity contribution in [3.8, 4) is 0 Å². The second-order valence-corrected chi connectivity index (χ2v) is 12.6. The van der Waals surface area contributed by atoms with Crippen LogP contribution in [0.2, 0.25) is 0 Å². The summed E-state index contributed by atoms with van der Waals surface area (Å²) in [7, 11) is 6.80. The number of likely N-dealkylation sites (N-methyl/N-ethyl adjacent to an activating group) is 2. The third-order valence-electron chi connectivity index (χ3n) is 9.05. The first-order valence-corrected chi connectivity index (χ1v) is 15.4. The predicted octanol–water partition coefficient (Wildman–Crippen LogP) is 5.48. The average Bonchev–Trinajstić information content (AvgIpc) is 3.03. The number of halogens is 1. The first kappa shape index (κ1) is 30.6. The van der Waals surface area contributed by atoms with Gasteiger partial charge >= 0.3 is 0 Å². The number of aromatic nitrogens is 2. The van der Waals surface area contributed by atoms with Crippen molar-refractivity contribution >= 4 is 66.1 Å². The fraction of sp³-hybridized carbons (Fsp3) is 0.243. The largest absolute Gasteiger partial charge is 1.00 e. The summed E-state index contributed by atoms with van der Waals surface area (Å²) < 4.78 is 2.70. The number of quaternary nitrogens is 1. The number of hydrogen-bond donors (Lipinski definition) is 0. The Kier molecular flexibility index (Phi) is 8.05. The molecule has 7 aromatic rings. The highest BCUT2D eigenvalue weighted by Gasteiger charge is 2.24. The van der Waals surface area contributed by atoms with E-state index in [0.29, 0.717) is 22.8 Å². The van der Waals surface area contributed by atoms with Crippen LogP contribution >= 0.6 is 0 Å². The maximum absolute atomic E-state index is 13.9. The van der Waals surface area contributed by atoms with Crippen LogP contribution in [0.5, 0.6) is 0 Å². The molecule has 0 saturated carbocycles. The summed E-state index contributed by atoms with van der Waals surface area (Å²) in [5.41, 5.74) is 4.98. The molecular weight excluding hydrogens is 624 g/mol. The lowest BCUT2D eigenvalue weighted by molar-refractivity contribution is -0.894. The van der Waals surface area contributed by atoms with Gasteiger partial charge in [0.05, 0.1) is 50.1 Å². The van der Waals surface area contributed by atoms with E-state index in [0.717, 1.165) is 67.6 Å². The number of benzene rings is 5. The minimum absolute atomic E-state index is 0. The number of pyridine rings is 1. The third kappa shape index (κ3) is 5.32. The Bertz CT molecular complexity index is 2250. The van der Waals surface area contributed by atoms with E-state index in [1.165, 1.54) is 5.69 Å². The smallest absolute Gasteiger partial charge is 0.264 e. The first-order chi connectivity index (χ1) is 21.3. The van der Waals surface area contributed by atoms with E-state index in [9.17, 15) is 4.79 Å². The van der Waals surface area contributed by atoms with E-state index in [1.807, 2.05) is 66.7 Å². The standard InChI is InChI=1S/C37H37N6O.BrH/c1-6-29(43(3,4)5)23-41(7-2)28-19-17-26(18-20-28)39-40-27-21-25-13-8-14-30-34(25)31(22-27)36-38-32-15-9-11-24-12-10-16-33(35(24)32)42(36)37(30)44;/h8-22,29H,6-7,23H2,1-5H3;1H/q+1;/p-1/b40-39+;. The minimum atomic E-state index is -0.0638. The van der Waals surface area contributed by atoms with Crippen LogP contribution in [-0.2, 0) is 0 Å². The molecule has 2 heterocycles. The van der Waals surface area contributed by atoms with Crippen molar-refractivity contribution < 1.29 is 21.5 Å². The Morgan fingerprint density at radius 3 is 2.20 bits per heavy atom. The molecule has 0 aliphatic rings. The van der Waals surface area contributed by atoms with Crippen molar-refractivity contribution in [1.82, 2.24) is 9.38 Å². The Balaban J connectivity index is 0.00000357. The second-order valence-electron chi connectivity index (χ2n) is 12.6. The fourth-order valence-corrected chi connectivity index (χ4v) is 6.63. The van der Waals surface area contributed by atoms with E-state index in [4.69, 9.17) is 4.98 Å². The minimum Gasteiger partial charge on any atom is -1.00 e. The molecule has 1 unspecified atom stereocenters. The van der Waals surface area contributed by atoms with Crippen LogP contribution in [0, 0.1) is 0 Å². The SMILES string of the molecule is CCC(CN(CC)c1ccc(/N=N/c2cc3cccc4c(=O)n5c6cccc7cccc(nc5c(c2)c34)c76)cc1)[N+](C)(C)C.[Br-]. The highest BCUT2D eigenvalue weighted by Crippen LogP contribution is 2.35. The van der Waals surface area contributed by atoms with Gasteiger partial charge in [0.15, 0.2) is 0 Å². The highest BCUT2D eigenvalue weighted by atomic mass is 79.9. The Morgan fingerprint density at radius 1 is 0.800 bits per heavy atom. The molecule has 8 heteroatoms. The normalized spacial score (nSPS) is 13.0. The van der Waals surface area contributed by atoms with Crippen molar-refractivity contribution in [2.75, 3.05) is 39.1 Å². The molecule has 7 nitrogen and oxygen atoms in total. The van der Waals surface area contributed by atoms with Crippen LogP contribution in [-0.4, -0.2) is 54.1 Å². The number of hydrogen-bond acceptors (Lipinski definition) is 5. The molecule has 0 radical (unpaired) electrons. The van der Waals surface area contributed by atoms with Crippen LogP contribution in [0.4, 0.5) is 17.1 Å². The van der Waals surface area contributed by atoms with E-state index in [1.54, 1.807) is 4.40 Å². The molecule has 2 aromatic heterocycles. The van der Waals surface area contributed by atoms with Crippen molar-refractivity contribution in [2.45, 2.75) is 26.3 Å². The molecule has 0 spiro atoms. The molecule has 5 aromatic carbocycles. The Morgan fingerprint density at radius 2 is 1.49 bits per heavy atom. The van der Waals surface area contributed by atoms with Crippen LogP contribution in [0.3, 0.4) is 0 Å². The summed E-state index contributed by atoms with van der Waals surface area (Å²) in [6, 6.07) is 30.9. The number of rotatable bonds is 8. The molecule has 0 aliphatic carbocycles. The van der Waals surface area contributed by atoms with Gasteiger partial charge in [0, 0.05) is 33.8 Å². The molecule has 0 bridgehead atoms. The topological polar surface area (TPSA) is 62.3 Å². The zero-order valence-electron chi connectivity index (χ0n) is 26.3. The van der Waals surface area contributed by atoms with E-state index in [2.05, 4.69) is 74.4 Å². The lowest BCUT2D eigenvalue weighted by Crippen LogP contribution is -3.00. The van der Waals surface area contributed by atoms with E-state index in [-0.39, 0.29) is 22.5 Å². The number of azo groups is 1. The lowest BCUT2D eigenvalue weighted by Gasteiger charge is -2.37. The van der Waals surface area contributed by atoms with E-state index >= 15 is 0 Å². The number of anilines is 1. The maximum atomic E-state index is 13.9. The van der Waals surface area contributed by atoms with Gasteiger partial charge in [0.1, 0.15) is 11.7 Å². The summed E-state index contributed by atoms with van der Waals surface area (Å²) >= 11 is 0. The van der Waals surface area contributed by atoms with Crippen LogP contribution in [0.1, 0.15) is 20.3 Å². The van der Waals surface area contributed by atoms with Crippen molar-refractivity contribution in [3.05, 3.63) is 101 Å². The van der Waals surface area contributed by atoms with Gasteiger partial charge in [0.2, 0.25) is 0 Å². The Hall–Kier alpha value is -4.40. The Labute approximate surface area is 273 Å².